The predicted molar refractivity (Wildman–Crippen MR) is 61.7 cm³/mol. The minimum absolute atomic E-state index is 0.0429. The molecule has 2 rings (SSSR count). The normalized spacial score (nSPS) is 11.3. The van der Waals surface area contributed by atoms with Crippen LogP contribution in [0.15, 0.2) is 11.1 Å². The third-order valence-electron chi connectivity index (χ3n) is 2.36. The van der Waals surface area contributed by atoms with E-state index in [1.807, 2.05) is 0 Å². The van der Waals surface area contributed by atoms with Crippen LogP contribution < -0.4 is 16.1 Å². The van der Waals surface area contributed by atoms with Crippen molar-refractivity contribution in [3.63, 3.8) is 0 Å². The maximum atomic E-state index is 11.5. The quantitative estimate of drug-likeness (QED) is 0.472. The fourth-order valence-electron chi connectivity index (χ4n) is 1.35. The topological polar surface area (TPSA) is 139 Å². The van der Waals surface area contributed by atoms with Gasteiger partial charge in [-0.05, 0) is 0 Å². The number of aliphatic hydroxyl groups excluding tert-OH is 2. The average Bonchev–Trinajstić information content (AvgIpc) is 2.74. The summed E-state index contributed by atoms with van der Waals surface area (Å²) in [4.78, 5) is 26.8. The number of nitrogens with two attached hydrogens (primary N) is 1. The highest BCUT2D eigenvalue weighted by atomic mass is 16.7. The van der Waals surface area contributed by atoms with Gasteiger partial charge in [0.1, 0.15) is 12.9 Å². The van der Waals surface area contributed by atoms with Crippen LogP contribution >= 0.6 is 0 Å². The smallest absolute Gasteiger partial charge is 0.280 e. The summed E-state index contributed by atoms with van der Waals surface area (Å²) in [6, 6.07) is 0. The van der Waals surface area contributed by atoms with E-state index >= 15 is 0 Å². The molecule has 0 aliphatic heterocycles. The molecule has 0 saturated heterocycles. The van der Waals surface area contributed by atoms with Gasteiger partial charge in [0.2, 0.25) is 11.6 Å². The molecule has 5 N–H and O–H groups in total. The van der Waals surface area contributed by atoms with Crippen LogP contribution in [0.5, 0.6) is 0 Å². The number of anilines is 1. The lowest BCUT2D eigenvalue weighted by Crippen LogP contribution is -2.25. The first kappa shape index (κ1) is 12.3. The number of fused-ring (bicyclic) bond motifs is 1. The van der Waals surface area contributed by atoms with E-state index in [9.17, 15) is 4.79 Å². The lowest BCUT2D eigenvalue weighted by atomic mass is 10.2. The van der Waals surface area contributed by atoms with Gasteiger partial charge in [0.15, 0.2) is 5.52 Å². The molecule has 0 radical (unpaired) electrons. The highest BCUT2D eigenvalue weighted by molar-refractivity contribution is 5.69. The third-order valence-corrected chi connectivity index (χ3v) is 2.36. The van der Waals surface area contributed by atoms with Crippen LogP contribution in [0.2, 0.25) is 0 Å². The Morgan fingerprint density at radius 1 is 1.50 bits per heavy atom. The van der Waals surface area contributed by atoms with Gasteiger partial charge in [-0.1, -0.05) is 0 Å². The van der Waals surface area contributed by atoms with Crippen LogP contribution in [0, 0.1) is 5.92 Å². The van der Waals surface area contributed by atoms with Crippen molar-refractivity contribution in [3.8, 4) is 0 Å². The highest BCUT2D eigenvalue weighted by Gasteiger charge is 2.12. The number of aliphatic hydroxyl groups is 2. The Morgan fingerprint density at radius 3 is 2.89 bits per heavy atom. The lowest BCUT2D eigenvalue weighted by Gasteiger charge is -2.12. The molecule has 9 nitrogen and oxygen atoms in total. The number of aromatic nitrogens is 4. The van der Waals surface area contributed by atoms with Crippen molar-refractivity contribution in [2.75, 3.05) is 25.6 Å². The van der Waals surface area contributed by atoms with Crippen molar-refractivity contribution in [1.82, 2.24) is 19.7 Å². The summed E-state index contributed by atoms with van der Waals surface area (Å²) in [7, 11) is 0. The number of imidazole rings is 1. The van der Waals surface area contributed by atoms with Crippen LogP contribution in [0.4, 0.5) is 5.95 Å². The molecule has 0 saturated carbocycles. The Labute approximate surface area is 101 Å². The lowest BCUT2D eigenvalue weighted by molar-refractivity contribution is 0.0388. The molecule has 0 spiro atoms. The molecule has 9 heteroatoms. The first-order valence-corrected chi connectivity index (χ1v) is 5.23. The van der Waals surface area contributed by atoms with Crippen molar-refractivity contribution >= 4 is 17.1 Å². The summed E-state index contributed by atoms with van der Waals surface area (Å²) in [6.45, 7) is -0.356. The second-order valence-electron chi connectivity index (χ2n) is 3.72. The van der Waals surface area contributed by atoms with Crippen LogP contribution in [0.3, 0.4) is 0 Å². The number of H-pyrrole nitrogens is 1. The van der Waals surface area contributed by atoms with Crippen LogP contribution in [-0.2, 0) is 0 Å². The zero-order valence-electron chi connectivity index (χ0n) is 9.41. The number of nitrogen functional groups attached to an aromatic ring is 1. The van der Waals surface area contributed by atoms with Gasteiger partial charge < -0.3 is 20.8 Å². The molecule has 98 valence electrons. The van der Waals surface area contributed by atoms with Crippen molar-refractivity contribution in [3.05, 3.63) is 16.7 Å². The van der Waals surface area contributed by atoms with Gasteiger partial charge in [0.25, 0.3) is 5.56 Å². The fourth-order valence-corrected chi connectivity index (χ4v) is 1.35. The van der Waals surface area contributed by atoms with Gasteiger partial charge in [-0.2, -0.15) is 9.71 Å². The minimum atomic E-state index is -0.458. The van der Waals surface area contributed by atoms with E-state index in [-0.39, 0.29) is 36.9 Å². The number of nitrogens with zero attached hydrogens (tertiary/aromatic N) is 3. The monoisotopic (exact) mass is 255 g/mol. The molecule has 0 unspecified atom stereocenters. The van der Waals surface area contributed by atoms with Gasteiger partial charge in [0.05, 0.1) is 13.2 Å². The zero-order chi connectivity index (χ0) is 13.1. The van der Waals surface area contributed by atoms with E-state index in [4.69, 9.17) is 20.8 Å². The molecule has 0 aliphatic carbocycles. The number of hydrogen-bond donors (Lipinski definition) is 4. The number of nitrogens with one attached hydrogen (secondary N) is 1. The number of aromatic amines is 1. The van der Waals surface area contributed by atoms with Crippen molar-refractivity contribution in [2.45, 2.75) is 0 Å². The number of hydrogen-bond acceptors (Lipinski definition) is 7. The summed E-state index contributed by atoms with van der Waals surface area (Å²) in [5.74, 6) is -0.458. The van der Waals surface area contributed by atoms with E-state index in [1.54, 1.807) is 0 Å². The SMILES string of the molecule is Nc1nc2c(ncn2OCC(CO)CO)c(=O)[nH]1. The van der Waals surface area contributed by atoms with E-state index in [0.29, 0.717) is 0 Å². The largest absolute Gasteiger partial charge is 0.410 e. The van der Waals surface area contributed by atoms with Crippen LogP contribution in [-0.4, -0.2) is 49.7 Å². The molecular weight excluding hydrogens is 242 g/mol. The maximum absolute atomic E-state index is 11.5. The van der Waals surface area contributed by atoms with E-state index < -0.39 is 11.5 Å². The number of rotatable bonds is 5. The molecule has 0 aromatic carbocycles. The molecule has 0 bridgehead atoms. The van der Waals surface area contributed by atoms with E-state index in [1.165, 1.54) is 11.1 Å². The third kappa shape index (κ3) is 2.26. The summed E-state index contributed by atoms with van der Waals surface area (Å²) in [5, 5.41) is 17.8. The average molecular weight is 255 g/mol. The Bertz CT molecular complexity index is 588. The van der Waals surface area contributed by atoms with Crippen molar-refractivity contribution < 1.29 is 15.1 Å². The Morgan fingerprint density at radius 2 is 2.22 bits per heavy atom. The second-order valence-corrected chi connectivity index (χ2v) is 3.72. The summed E-state index contributed by atoms with van der Waals surface area (Å²) >= 11 is 0. The zero-order valence-corrected chi connectivity index (χ0v) is 9.41. The predicted octanol–water partition coefficient (Wildman–Crippen LogP) is -2.27. The van der Waals surface area contributed by atoms with Gasteiger partial charge in [-0.3, -0.25) is 9.78 Å². The molecule has 2 heterocycles. The van der Waals surface area contributed by atoms with E-state index in [2.05, 4.69) is 15.0 Å². The molecule has 0 amide bonds. The first-order chi connectivity index (χ1) is 8.65. The summed E-state index contributed by atoms with van der Waals surface area (Å²) in [5.41, 5.74) is 5.25. The van der Waals surface area contributed by atoms with Crippen LogP contribution in [0.25, 0.3) is 11.2 Å². The Hall–Kier alpha value is -2.13. The van der Waals surface area contributed by atoms with Gasteiger partial charge in [-0.15, -0.1) is 0 Å². The molecule has 18 heavy (non-hydrogen) atoms. The van der Waals surface area contributed by atoms with Gasteiger partial charge in [-0.25, -0.2) is 4.98 Å². The minimum Gasteiger partial charge on any atom is -0.410 e. The standard InChI is InChI=1S/C9H13N5O4/c10-9-12-7-6(8(17)13-9)11-4-14(7)18-3-5(1-15)2-16/h4-5,15-16H,1-3H2,(H3,10,12,13,17). The Kier molecular flexibility index (Phi) is 3.44. The molecule has 0 aliphatic rings. The molecule has 2 aromatic rings. The first-order valence-electron chi connectivity index (χ1n) is 5.23. The van der Waals surface area contributed by atoms with Crippen molar-refractivity contribution in [2.24, 2.45) is 5.92 Å². The maximum Gasteiger partial charge on any atom is 0.280 e. The van der Waals surface area contributed by atoms with Crippen molar-refractivity contribution in [1.29, 1.82) is 0 Å². The van der Waals surface area contributed by atoms with Gasteiger partial charge in [0, 0.05) is 5.92 Å². The molecular formula is C9H13N5O4. The van der Waals surface area contributed by atoms with Crippen LogP contribution in [0.1, 0.15) is 0 Å². The van der Waals surface area contributed by atoms with Gasteiger partial charge >= 0.3 is 0 Å². The Balaban J connectivity index is 2.27. The van der Waals surface area contributed by atoms with E-state index in [0.717, 1.165) is 0 Å². The second kappa shape index (κ2) is 5.02. The summed E-state index contributed by atoms with van der Waals surface area (Å²) in [6.07, 6.45) is 1.28. The molecule has 0 fully saturated rings. The molecule has 0 atom stereocenters. The molecule has 2 aromatic heterocycles. The fraction of sp³-hybridized carbons (Fsp3) is 0.444. The highest BCUT2D eigenvalue weighted by Crippen LogP contribution is 2.05. The summed E-state index contributed by atoms with van der Waals surface area (Å²) < 4.78 is 1.18.